The molecule has 6 atom stereocenters. The second-order valence-corrected chi connectivity index (χ2v) is 7.99. The number of amides is 4. The molecule has 0 spiro atoms. The van der Waals surface area contributed by atoms with Crippen molar-refractivity contribution in [2.24, 2.45) is 11.5 Å². The van der Waals surface area contributed by atoms with E-state index in [4.69, 9.17) is 11.5 Å². The zero-order valence-electron chi connectivity index (χ0n) is 19.2. The number of hydrogen-bond acceptors (Lipinski definition) is 9. The van der Waals surface area contributed by atoms with E-state index < -0.39 is 72.4 Å². The van der Waals surface area contributed by atoms with Crippen molar-refractivity contribution >= 4 is 29.6 Å². The molecule has 0 radical (unpaired) electrons. The predicted molar refractivity (Wildman–Crippen MR) is 120 cm³/mol. The molecule has 0 aliphatic carbocycles. The van der Waals surface area contributed by atoms with E-state index in [2.05, 4.69) is 16.0 Å². The Kier molecular flexibility index (Phi) is 11.1. The first-order valence-corrected chi connectivity index (χ1v) is 10.5. The Bertz CT molecular complexity index is 920. The number of aliphatic carboxylic acids is 1. The van der Waals surface area contributed by atoms with Crippen LogP contribution < -0.4 is 27.4 Å². The second-order valence-electron chi connectivity index (χ2n) is 7.99. The van der Waals surface area contributed by atoms with Gasteiger partial charge in [0.05, 0.1) is 18.6 Å². The van der Waals surface area contributed by atoms with Gasteiger partial charge in [-0.05, 0) is 31.5 Å². The van der Waals surface area contributed by atoms with Crippen LogP contribution in [-0.2, 0) is 30.4 Å². The third kappa shape index (κ3) is 9.56. The minimum absolute atomic E-state index is 0.0388. The number of carbonyl (C=O) groups is 5. The summed E-state index contributed by atoms with van der Waals surface area (Å²) < 4.78 is 0. The fraction of sp³-hybridized carbons (Fsp3) is 0.476. The van der Waals surface area contributed by atoms with Gasteiger partial charge in [-0.1, -0.05) is 12.1 Å². The van der Waals surface area contributed by atoms with E-state index in [1.807, 2.05) is 0 Å². The third-order valence-electron chi connectivity index (χ3n) is 4.91. The molecule has 0 fully saturated rings. The van der Waals surface area contributed by atoms with E-state index in [1.54, 1.807) is 0 Å². The van der Waals surface area contributed by atoms with Gasteiger partial charge in [0.15, 0.2) is 0 Å². The molecule has 0 aliphatic rings. The molecular formula is C21H31N5O9. The largest absolute Gasteiger partial charge is 0.508 e. The molecule has 194 valence electrons. The van der Waals surface area contributed by atoms with E-state index in [9.17, 15) is 44.4 Å². The minimum Gasteiger partial charge on any atom is -0.508 e. The highest BCUT2D eigenvalue weighted by Gasteiger charge is 2.33. The number of carboxylic acid groups (broad SMARTS) is 1. The Morgan fingerprint density at radius 3 is 1.86 bits per heavy atom. The van der Waals surface area contributed by atoms with Crippen LogP contribution in [0.4, 0.5) is 0 Å². The topological polar surface area (TPSA) is 254 Å². The van der Waals surface area contributed by atoms with Crippen molar-refractivity contribution in [1.82, 2.24) is 16.0 Å². The number of aliphatic hydroxyl groups excluding tert-OH is 2. The molecule has 0 heterocycles. The number of phenolic OH excluding ortho intramolecular Hbond substituents is 1. The Morgan fingerprint density at radius 2 is 1.40 bits per heavy atom. The van der Waals surface area contributed by atoms with E-state index in [0.717, 1.165) is 0 Å². The van der Waals surface area contributed by atoms with E-state index in [1.165, 1.54) is 38.1 Å². The van der Waals surface area contributed by atoms with Crippen LogP contribution >= 0.6 is 0 Å². The minimum atomic E-state index is -1.63. The Balaban J connectivity index is 3.01. The van der Waals surface area contributed by atoms with Gasteiger partial charge in [0, 0.05) is 6.42 Å². The number of carbonyl (C=O) groups excluding carboxylic acids is 4. The second kappa shape index (κ2) is 13.2. The molecule has 35 heavy (non-hydrogen) atoms. The van der Waals surface area contributed by atoms with E-state index in [0.29, 0.717) is 5.56 Å². The van der Waals surface area contributed by atoms with Gasteiger partial charge in [0.2, 0.25) is 23.6 Å². The average molecular weight is 498 g/mol. The highest BCUT2D eigenvalue weighted by Crippen LogP contribution is 2.12. The molecule has 1 aromatic carbocycles. The zero-order valence-corrected chi connectivity index (χ0v) is 19.2. The van der Waals surface area contributed by atoms with Gasteiger partial charge in [0.1, 0.15) is 29.9 Å². The third-order valence-corrected chi connectivity index (χ3v) is 4.91. The summed E-state index contributed by atoms with van der Waals surface area (Å²) in [5, 5.41) is 44.7. The average Bonchev–Trinajstić information content (AvgIpc) is 2.76. The molecule has 11 N–H and O–H groups in total. The first kappa shape index (κ1) is 29.3. The fourth-order valence-electron chi connectivity index (χ4n) is 2.89. The van der Waals surface area contributed by atoms with Gasteiger partial charge in [0.25, 0.3) is 0 Å². The van der Waals surface area contributed by atoms with Crippen LogP contribution in [0.3, 0.4) is 0 Å². The van der Waals surface area contributed by atoms with Crippen LogP contribution in [0.2, 0.25) is 0 Å². The lowest BCUT2D eigenvalue weighted by molar-refractivity contribution is -0.142. The fourth-order valence-corrected chi connectivity index (χ4v) is 2.89. The summed E-state index contributed by atoms with van der Waals surface area (Å²) in [6.45, 7) is 2.41. The van der Waals surface area contributed by atoms with E-state index in [-0.39, 0.29) is 12.2 Å². The van der Waals surface area contributed by atoms with Gasteiger partial charge < -0.3 is 47.8 Å². The normalized spacial score (nSPS) is 16.0. The Hall–Kier alpha value is -3.75. The summed E-state index contributed by atoms with van der Waals surface area (Å²) >= 11 is 0. The zero-order chi connectivity index (χ0) is 26.9. The van der Waals surface area contributed by atoms with Gasteiger partial charge in [-0.2, -0.15) is 0 Å². The van der Waals surface area contributed by atoms with Crippen LogP contribution in [-0.4, -0.2) is 86.4 Å². The number of rotatable bonds is 13. The lowest BCUT2D eigenvalue weighted by atomic mass is 10.0. The lowest BCUT2D eigenvalue weighted by Crippen LogP contribution is -2.61. The molecular weight excluding hydrogens is 466 g/mol. The molecule has 1 aromatic rings. The molecule has 0 aliphatic heterocycles. The number of aliphatic hydroxyl groups is 2. The summed E-state index contributed by atoms with van der Waals surface area (Å²) in [5.74, 6) is -5.54. The lowest BCUT2D eigenvalue weighted by Gasteiger charge is -2.26. The number of primary amides is 1. The number of aromatic hydroxyl groups is 1. The molecule has 6 unspecified atom stereocenters. The Morgan fingerprint density at radius 1 is 0.857 bits per heavy atom. The summed E-state index contributed by atoms with van der Waals surface area (Å²) in [6.07, 6.45) is -3.62. The van der Waals surface area contributed by atoms with Gasteiger partial charge in [-0.15, -0.1) is 0 Å². The van der Waals surface area contributed by atoms with Crippen molar-refractivity contribution in [2.75, 3.05) is 0 Å². The maximum absolute atomic E-state index is 12.7. The quantitative estimate of drug-likeness (QED) is 0.130. The Labute approximate surface area is 200 Å². The van der Waals surface area contributed by atoms with Crippen molar-refractivity contribution in [3.8, 4) is 5.75 Å². The maximum atomic E-state index is 12.7. The van der Waals surface area contributed by atoms with Crippen LogP contribution in [0.1, 0.15) is 25.8 Å². The van der Waals surface area contributed by atoms with Crippen LogP contribution in [0.5, 0.6) is 5.75 Å². The van der Waals surface area contributed by atoms with Gasteiger partial charge >= 0.3 is 5.97 Å². The number of phenols is 1. The molecule has 4 amide bonds. The SMILES string of the molecule is CC(O)C(N)C(=O)NC(C(=O)NC(CC(N)=O)C(=O)NC(Cc1ccc(O)cc1)C(=O)O)C(C)O. The van der Waals surface area contributed by atoms with Crippen molar-refractivity contribution in [1.29, 1.82) is 0 Å². The monoisotopic (exact) mass is 497 g/mol. The molecule has 0 aromatic heterocycles. The first-order valence-electron chi connectivity index (χ1n) is 10.5. The summed E-state index contributed by atoms with van der Waals surface area (Å²) in [5.41, 5.74) is 11.1. The van der Waals surface area contributed by atoms with Crippen molar-refractivity contribution in [3.05, 3.63) is 29.8 Å². The smallest absolute Gasteiger partial charge is 0.326 e. The standard InChI is InChI=1S/C21H31N5O9/c1-9(27)16(23)19(32)26-17(10(2)28)20(33)24-13(8-15(22)30)18(31)25-14(21(34)35)7-11-3-5-12(29)6-4-11/h3-6,9-10,13-14,16-17,27-29H,7-8,23H2,1-2H3,(H2,22,30)(H,24,33)(H,25,31)(H,26,32)(H,34,35). The molecule has 14 nitrogen and oxygen atoms in total. The van der Waals surface area contributed by atoms with E-state index >= 15 is 0 Å². The van der Waals surface area contributed by atoms with Gasteiger partial charge in [-0.3, -0.25) is 19.2 Å². The molecule has 0 saturated carbocycles. The first-order chi connectivity index (χ1) is 16.2. The summed E-state index contributed by atoms with van der Waals surface area (Å²) in [4.78, 5) is 60.7. The van der Waals surface area contributed by atoms with Crippen molar-refractivity contribution in [3.63, 3.8) is 0 Å². The predicted octanol–water partition coefficient (Wildman–Crippen LogP) is -3.56. The molecule has 0 bridgehead atoms. The highest BCUT2D eigenvalue weighted by molar-refractivity contribution is 5.96. The number of benzene rings is 1. The highest BCUT2D eigenvalue weighted by atomic mass is 16.4. The van der Waals surface area contributed by atoms with Crippen molar-refractivity contribution in [2.45, 2.75) is 63.1 Å². The van der Waals surface area contributed by atoms with Crippen LogP contribution in [0.25, 0.3) is 0 Å². The van der Waals surface area contributed by atoms with Gasteiger partial charge in [-0.25, -0.2) is 4.79 Å². The summed E-state index contributed by atoms with van der Waals surface area (Å²) in [6, 6.07) is -0.559. The van der Waals surface area contributed by atoms with Crippen molar-refractivity contribution < 1.29 is 44.4 Å². The summed E-state index contributed by atoms with van der Waals surface area (Å²) in [7, 11) is 0. The number of carboxylic acids is 1. The molecule has 1 rings (SSSR count). The van der Waals surface area contributed by atoms with Crippen LogP contribution in [0, 0.1) is 0 Å². The molecule has 14 heteroatoms. The van der Waals surface area contributed by atoms with Crippen LogP contribution in [0.15, 0.2) is 24.3 Å². The number of nitrogens with two attached hydrogens (primary N) is 2. The molecule has 0 saturated heterocycles. The maximum Gasteiger partial charge on any atom is 0.326 e. The number of nitrogens with one attached hydrogen (secondary N) is 3. The number of hydrogen-bond donors (Lipinski definition) is 9.